The van der Waals surface area contributed by atoms with E-state index >= 15 is 0 Å². The van der Waals surface area contributed by atoms with E-state index in [1.807, 2.05) is 11.3 Å². The van der Waals surface area contributed by atoms with Crippen LogP contribution < -0.4 is 0 Å². The largest absolute Gasteiger partial charge is 0.135 e. The average Bonchev–Trinajstić information content (AvgIpc) is 3.71. The molecule has 0 radical (unpaired) electrons. The predicted molar refractivity (Wildman–Crippen MR) is 244 cm³/mol. The molecule has 0 spiro atoms. The van der Waals surface area contributed by atoms with Gasteiger partial charge < -0.3 is 0 Å². The van der Waals surface area contributed by atoms with Gasteiger partial charge in [-0.3, -0.25) is 0 Å². The molecule has 266 valence electrons. The lowest BCUT2D eigenvalue weighted by Crippen LogP contribution is -2.17. The summed E-state index contributed by atoms with van der Waals surface area (Å²) in [4.78, 5) is 0. The normalized spacial score (nSPS) is 17.6. The summed E-state index contributed by atoms with van der Waals surface area (Å²) in [6.07, 6.45) is 13.4. The minimum Gasteiger partial charge on any atom is -0.135 e. The number of hydrogen-bond acceptors (Lipinski definition) is 1. The molecule has 1 heterocycles. The van der Waals surface area contributed by atoms with E-state index in [0.717, 1.165) is 19.3 Å². The van der Waals surface area contributed by atoms with Crippen LogP contribution in [0.4, 0.5) is 0 Å². The van der Waals surface area contributed by atoms with Gasteiger partial charge in [0.15, 0.2) is 0 Å². The third-order valence-electron chi connectivity index (χ3n) is 13.2. The lowest BCUT2D eigenvalue weighted by Gasteiger charge is -2.28. The molecule has 0 amide bonds. The van der Waals surface area contributed by atoms with E-state index in [1.165, 1.54) is 113 Å². The highest BCUT2D eigenvalue weighted by atomic mass is 32.1. The van der Waals surface area contributed by atoms with Gasteiger partial charge >= 0.3 is 0 Å². The predicted octanol–water partition coefficient (Wildman–Crippen LogP) is 15.8. The molecule has 0 saturated heterocycles. The first-order valence-corrected chi connectivity index (χ1v) is 21.0. The molecule has 1 aromatic heterocycles. The van der Waals surface area contributed by atoms with Crippen molar-refractivity contribution in [2.75, 3.05) is 0 Å². The van der Waals surface area contributed by atoms with Crippen molar-refractivity contribution < 1.29 is 0 Å². The van der Waals surface area contributed by atoms with Gasteiger partial charge in [-0.25, -0.2) is 0 Å². The maximum atomic E-state index is 2.62. The van der Waals surface area contributed by atoms with Gasteiger partial charge in [-0.15, -0.1) is 11.3 Å². The van der Waals surface area contributed by atoms with E-state index in [2.05, 4.69) is 178 Å². The van der Waals surface area contributed by atoms with Gasteiger partial charge in [-0.2, -0.15) is 0 Å². The summed E-state index contributed by atoms with van der Waals surface area (Å²) in [7, 11) is 0. The minimum atomic E-state index is -0.0267. The number of hydrogen-bond donors (Lipinski definition) is 0. The maximum Gasteiger partial charge on any atom is 0.0361 e. The zero-order valence-electron chi connectivity index (χ0n) is 31.7. The Hall–Kier alpha value is -6.02. The fraction of sp³-hybridized carbons (Fsp3) is 0.127. The molecule has 0 N–H and O–H groups in total. The second-order valence-electron chi connectivity index (χ2n) is 16.6. The highest BCUT2D eigenvalue weighted by Gasteiger charge is 2.40. The topological polar surface area (TPSA) is 0 Å². The third kappa shape index (κ3) is 4.65. The molecule has 0 bridgehead atoms. The zero-order valence-corrected chi connectivity index (χ0v) is 32.5. The van der Waals surface area contributed by atoms with E-state index in [-0.39, 0.29) is 5.41 Å². The van der Waals surface area contributed by atoms with Crippen molar-refractivity contribution in [1.29, 1.82) is 0 Å². The van der Waals surface area contributed by atoms with Crippen LogP contribution in [0.15, 0.2) is 175 Å². The van der Waals surface area contributed by atoms with Gasteiger partial charge in [0.2, 0.25) is 0 Å². The van der Waals surface area contributed by atoms with E-state index < -0.39 is 0 Å². The van der Waals surface area contributed by atoms with Crippen molar-refractivity contribution >= 4 is 85.7 Å². The van der Waals surface area contributed by atoms with Crippen LogP contribution in [0.1, 0.15) is 49.8 Å². The van der Waals surface area contributed by atoms with Crippen LogP contribution in [0.2, 0.25) is 0 Å². The zero-order chi connectivity index (χ0) is 37.1. The van der Waals surface area contributed by atoms with E-state index in [0.29, 0.717) is 5.92 Å². The fourth-order valence-electron chi connectivity index (χ4n) is 10.6. The molecule has 1 heteroatoms. The molecule has 1 atom stereocenters. The van der Waals surface area contributed by atoms with Crippen molar-refractivity contribution in [3.63, 3.8) is 0 Å². The number of fused-ring (bicyclic) bond motifs is 10. The minimum absolute atomic E-state index is 0.0267. The van der Waals surface area contributed by atoms with E-state index in [1.54, 1.807) is 0 Å². The van der Waals surface area contributed by atoms with Crippen molar-refractivity contribution in [2.45, 2.75) is 38.5 Å². The van der Waals surface area contributed by atoms with Gasteiger partial charge in [0.25, 0.3) is 0 Å². The summed E-state index contributed by atoms with van der Waals surface area (Å²) >= 11 is 1.91. The first-order valence-electron chi connectivity index (χ1n) is 20.2. The van der Waals surface area contributed by atoms with Crippen LogP contribution in [0.3, 0.4) is 0 Å². The van der Waals surface area contributed by atoms with Gasteiger partial charge in [0, 0.05) is 31.5 Å². The van der Waals surface area contributed by atoms with E-state index in [9.17, 15) is 0 Å². The Morgan fingerprint density at radius 1 is 0.536 bits per heavy atom. The molecule has 8 aromatic carbocycles. The smallest absolute Gasteiger partial charge is 0.0361 e. The van der Waals surface area contributed by atoms with Crippen molar-refractivity contribution in [1.82, 2.24) is 0 Å². The first-order chi connectivity index (χ1) is 27.5. The molecular weight excluding hydrogens is 693 g/mol. The molecular formula is C55H40S. The Morgan fingerprint density at radius 3 is 1.98 bits per heavy atom. The van der Waals surface area contributed by atoms with Gasteiger partial charge in [0.1, 0.15) is 0 Å². The SMILES string of the molecule is CC1(C)C2=CCC(C3=CCCC(c4c5ccccc5c(-c5cccc6ccccc56)c5ccccc45)=C3)C=C2c2cc3cc4c(cc3cc21)sc1ccccc14. The maximum absolute atomic E-state index is 2.62. The lowest BCUT2D eigenvalue weighted by atomic mass is 9.76. The summed E-state index contributed by atoms with van der Waals surface area (Å²) in [5.41, 5.74) is 12.7. The fourth-order valence-corrected chi connectivity index (χ4v) is 11.7. The summed E-state index contributed by atoms with van der Waals surface area (Å²) in [5, 5.41) is 13.3. The molecule has 1 unspecified atom stereocenters. The van der Waals surface area contributed by atoms with Crippen molar-refractivity contribution in [3.05, 3.63) is 192 Å². The number of benzene rings is 8. The molecule has 0 fully saturated rings. The molecule has 3 aliphatic rings. The van der Waals surface area contributed by atoms with Crippen LogP contribution >= 0.6 is 11.3 Å². The summed E-state index contributed by atoms with van der Waals surface area (Å²) in [5.74, 6) is 0.345. The first kappa shape index (κ1) is 32.2. The molecule has 0 aliphatic heterocycles. The Balaban J connectivity index is 0.991. The number of rotatable bonds is 3. The van der Waals surface area contributed by atoms with E-state index in [4.69, 9.17) is 0 Å². The van der Waals surface area contributed by atoms with Crippen molar-refractivity contribution in [2.24, 2.45) is 5.92 Å². The Labute approximate surface area is 331 Å². The van der Waals surface area contributed by atoms with Crippen LogP contribution in [-0.2, 0) is 5.41 Å². The molecule has 0 saturated carbocycles. The van der Waals surface area contributed by atoms with Gasteiger partial charge in [0.05, 0.1) is 0 Å². The average molecular weight is 733 g/mol. The summed E-state index contributed by atoms with van der Waals surface area (Å²) in [6, 6.07) is 52.6. The van der Waals surface area contributed by atoms with Crippen LogP contribution in [0.5, 0.6) is 0 Å². The van der Waals surface area contributed by atoms with Gasteiger partial charge in [-0.1, -0.05) is 147 Å². The second kappa shape index (κ2) is 12.0. The standard InChI is InChI=1S/C55H40S/c1-55(2)49-26-25-35(28-46(49)47-29-37-30-48-40-18-9-10-24-51(40)56-52(48)32-38(37)31-50(47)55)34-15-11-16-36(27-34)53-42-19-5-7-21-44(42)54(45-22-8-6-20-43(45)53)41-23-12-14-33-13-3-4-17-39(33)41/h3-10,12-15,17-24,26-32,35H,11,16,25H2,1-2H3. The molecule has 56 heavy (non-hydrogen) atoms. The highest BCUT2D eigenvalue weighted by Crippen LogP contribution is 2.54. The highest BCUT2D eigenvalue weighted by molar-refractivity contribution is 7.25. The summed E-state index contributed by atoms with van der Waals surface area (Å²) in [6.45, 7) is 4.86. The quantitative estimate of drug-likeness (QED) is 0.159. The van der Waals surface area contributed by atoms with Crippen LogP contribution in [0.25, 0.3) is 85.5 Å². The summed E-state index contributed by atoms with van der Waals surface area (Å²) < 4.78 is 2.74. The Kier molecular flexibility index (Phi) is 6.90. The number of thiophene rings is 1. The molecule has 9 aromatic rings. The second-order valence-corrected chi connectivity index (χ2v) is 17.7. The lowest BCUT2D eigenvalue weighted by molar-refractivity contribution is 0.646. The Bertz CT molecular complexity index is 3240. The van der Waals surface area contributed by atoms with Crippen LogP contribution in [0, 0.1) is 5.92 Å². The Morgan fingerprint density at radius 2 is 1.20 bits per heavy atom. The van der Waals surface area contributed by atoms with Gasteiger partial charge in [-0.05, 0) is 143 Å². The van der Waals surface area contributed by atoms with Crippen molar-refractivity contribution in [3.8, 4) is 11.1 Å². The third-order valence-corrected chi connectivity index (χ3v) is 14.4. The number of allylic oxidation sites excluding steroid dienone is 8. The molecule has 3 aliphatic carbocycles. The molecule has 0 nitrogen and oxygen atoms in total. The van der Waals surface area contributed by atoms with Crippen LogP contribution in [-0.4, -0.2) is 0 Å². The monoisotopic (exact) mass is 732 g/mol. The molecule has 12 rings (SSSR count).